The molecule has 0 fully saturated rings. The smallest absolute Gasteiger partial charge is 0.308 e. The lowest BCUT2D eigenvalue weighted by Crippen LogP contribution is -2.66. The molecule has 4 heteroatoms. The van der Waals surface area contributed by atoms with Crippen molar-refractivity contribution in [2.24, 2.45) is 11.8 Å². The van der Waals surface area contributed by atoms with Crippen LogP contribution in [0.1, 0.15) is 41.0 Å². The van der Waals surface area contributed by atoms with E-state index >= 15 is 0 Å². The van der Waals surface area contributed by atoms with E-state index in [-0.39, 0.29) is 22.8 Å². The molecule has 0 saturated heterocycles. The van der Waals surface area contributed by atoms with Crippen molar-refractivity contribution in [3.63, 3.8) is 0 Å². The zero-order chi connectivity index (χ0) is 20.8. The Kier molecular flexibility index (Phi) is 7.61. The van der Waals surface area contributed by atoms with E-state index in [2.05, 4.69) is 88.4 Å². The standard InChI is InChI=1S/C24H34O3Si/c1-19(17-20(2)23(25)26-6)18-27-28(24(3,4)5,21-13-9-7-10-14-21)22-15-11-8-12-16-22/h7-16,19-20H,17-18H2,1-6H3/t19-,20+/m1/s1. The van der Waals surface area contributed by atoms with E-state index < -0.39 is 8.32 Å². The van der Waals surface area contributed by atoms with Crippen LogP contribution in [0, 0.1) is 11.8 Å². The molecule has 0 spiro atoms. The summed E-state index contributed by atoms with van der Waals surface area (Å²) in [4.78, 5) is 11.8. The lowest BCUT2D eigenvalue weighted by molar-refractivity contribution is -0.145. The minimum absolute atomic E-state index is 0.0383. The highest BCUT2D eigenvalue weighted by molar-refractivity contribution is 6.99. The molecule has 2 aromatic carbocycles. The average Bonchev–Trinajstić information content (AvgIpc) is 2.68. The maximum atomic E-state index is 11.8. The van der Waals surface area contributed by atoms with E-state index in [0.29, 0.717) is 6.61 Å². The number of rotatable bonds is 8. The minimum atomic E-state index is -2.51. The van der Waals surface area contributed by atoms with Gasteiger partial charge in [-0.1, -0.05) is 95.3 Å². The molecule has 0 radical (unpaired) electrons. The summed E-state index contributed by atoms with van der Waals surface area (Å²) < 4.78 is 11.8. The molecular formula is C24H34O3Si. The second-order valence-corrected chi connectivity index (χ2v) is 13.0. The third kappa shape index (κ3) is 4.92. The number of hydrogen-bond donors (Lipinski definition) is 0. The van der Waals surface area contributed by atoms with E-state index in [9.17, 15) is 4.79 Å². The number of ether oxygens (including phenoxy) is 1. The molecule has 0 aliphatic heterocycles. The zero-order valence-electron chi connectivity index (χ0n) is 18.1. The number of hydrogen-bond acceptors (Lipinski definition) is 3. The number of carbonyl (C=O) groups excluding carboxylic acids is 1. The van der Waals surface area contributed by atoms with Crippen molar-refractivity contribution >= 4 is 24.7 Å². The van der Waals surface area contributed by atoms with Gasteiger partial charge in [-0.25, -0.2) is 0 Å². The topological polar surface area (TPSA) is 35.5 Å². The van der Waals surface area contributed by atoms with Crippen LogP contribution < -0.4 is 10.4 Å². The Morgan fingerprint density at radius 3 is 1.79 bits per heavy atom. The molecule has 0 amide bonds. The molecule has 2 atom stereocenters. The van der Waals surface area contributed by atoms with Crippen LogP contribution in [0.25, 0.3) is 0 Å². The first-order chi connectivity index (χ1) is 13.2. The summed E-state index contributed by atoms with van der Waals surface area (Å²) in [5.74, 6) is -0.0178. The molecule has 0 N–H and O–H groups in total. The van der Waals surface area contributed by atoms with Crippen LogP contribution in [-0.2, 0) is 14.0 Å². The molecular weight excluding hydrogens is 364 g/mol. The van der Waals surface area contributed by atoms with E-state index in [1.165, 1.54) is 17.5 Å². The van der Waals surface area contributed by atoms with Crippen molar-refractivity contribution in [2.45, 2.75) is 46.1 Å². The molecule has 0 bridgehead atoms. The number of carbonyl (C=O) groups is 1. The maximum Gasteiger partial charge on any atom is 0.308 e. The number of benzene rings is 2. The van der Waals surface area contributed by atoms with Gasteiger partial charge in [-0.3, -0.25) is 4.79 Å². The molecule has 0 aliphatic carbocycles. The predicted octanol–water partition coefficient (Wildman–Crippen LogP) is 4.40. The summed E-state index contributed by atoms with van der Waals surface area (Å²) in [5, 5.41) is 2.52. The quantitative estimate of drug-likeness (QED) is 0.488. The Bertz CT molecular complexity index is 698. The predicted molar refractivity (Wildman–Crippen MR) is 119 cm³/mol. The molecule has 2 rings (SSSR count). The summed E-state index contributed by atoms with van der Waals surface area (Å²) in [5.41, 5.74) is 0. The van der Waals surface area contributed by atoms with Gasteiger partial charge in [0.2, 0.25) is 0 Å². The molecule has 28 heavy (non-hydrogen) atoms. The minimum Gasteiger partial charge on any atom is -0.469 e. The highest BCUT2D eigenvalue weighted by Gasteiger charge is 2.50. The van der Waals surface area contributed by atoms with Crippen LogP contribution in [0.5, 0.6) is 0 Å². The van der Waals surface area contributed by atoms with Gasteiger partial charge in [-0.05, 0) is 27.8 Å². The average molecular weight is 399 g/mol. The third-order valence-corrected chi connectivity index (χ3v) is 10.4. The van der Waals surface area contributed by atoms with Crippen LogP contribution in [-0.4, -0.2) is 28.0 Å². The third-order valence-electron chi connectivity index (χ3n) is 5.36. The van der Waals surface area contributed by atoms with Crippen molar-refractivity contribution in [2.75, 3.05) is 13.7 Å². The van der Waals surface area contributed by atoms with Crippen molar-refractivity contribution < 1.29 is 14.0 Å². The van der Waals surface area contributed by atoms with Crippen LogP contribution in [0.15, 0.2) is 60.7 Å². The first-order valence-electron chi connectivity index (χ1n) is 10.0. The fourth-order valence-corrected chi connectivity index (χ4v) is 8.69. The molecule has 2 aromatic rings. The Hall–Kier alpha value is -1.91. The largest absolute Gasteiger partial charge is 0.469 e. The van der Waals surface area contributed by atoms with Crippen molar-refractivity contribution in [3.8, 4) is 0 Å². The normalized spacial score (nSPS) is 14.4. The van der Waals surface area contributed by atoms with Gasteiger partial charge >= 0.3 is 5.97 Å². The summed E-state index contributed by atoms with van der Waals surface area (Å²) in [6.45, 7) is 11.5. The molecule has 0 unspecified atom stereocenters. The summed E-state index contributed by atoms with van der Waals surface area (Å²) >= 11 is 0. The molecule has 0 heterocycles. The van der Waals surface area contributed by atoms with E-state index in [1.54, 1.807) is 0 Å². The second-order valence-electron chi connectivity index (χ2n) is 8.74. The number of methoxy groups -OCH3 is 1. The molecule has 0 aliphatic rings. The van der Waals surface area contributed by atoms with Gasteiger partial charge in [0.15, 0.2) is 0 Å². The number of esters is 1. The van der Waals surface area contributed by atoms with Gasteiger partial charge in [-0.2, -0.15) is 0 Å². The Morgan fingerprint density at radius 1 is 0.929 bits per heavy atom. The van der Waals surface area contributed by atoms with Gasteiger partial charge in [-0.15, -0.1) is 0 Å². The first-order valence-corrected chi connectivity index (χ1v) is 12.0. The molecule has 0 aromatic heterocycles. The van der Waals surface area contributed by atoms with Crippen LogP contribution in [0.3, 0.4) is 0 Å². The van der Waals surface area contributed by atoms with E-state index in [4.69, 9.17) is 9.16 Å². The Balaban J connectivity index is 2.38. The zero-order valence-corrected chi connectivity index (χ0v) is 19.1. The maximum absolute atomic E-state index is 11.8. The highest BCUT2D eigenvalue weighted by Crippen LogP contribution is 2.37. The summed E-state index contributed by atoms with van der Waals surface area (Å²) in [6, 6.07) is 21.3. The van der Waals surface area contributed by atoms with Crippen molar-refractivity contribution in [1.29, 1.82) is 0 Å². The summed E-state index contributed by atoms with van der Waals surface area (Å²) in [6.07, 6.45) is 0.755. The van der Waals surface area contributed by atoms with Gasteiger partial charge in [0.05, 0.1) is 13.0 Å². The molecule has 152 valence electrons. The second kappa shape index (κ2) is 9.53. The lowest BCUT2D eigenvalue weighted by Gasteiger charge is -2.43. The Labute approximate surface area is 171 Å². The fourth-order valence-electron chi connectivity index (χ4n) is 4.00. The van der Waals surface area contributed by atoms with Crippen LogP contribution in [0.2, 0.25) is 5.04 Å². The van der Waals surface area contributed by atoms with Gasteiger partial charge in [0.25, 0.3) is 8.32 Å². The first kappa shape index (κ1) is 22.4. The van der Waals surface area contributed by atoms with Crippen LogP contribution in [0.4, 0.5) is 0 Å². The summed E-state index contributed by atoms with van der Waals surface area (Å²) in [7, 11) is -1.07. The van der Waals surface area contributed by atoms with Crippen molar-refractivity contribution in [3.05, 3.63) is 60.7 Å². The van der Waals surface area contributed by atoms with E-state index in [1.807, 2.05) is 6.92 Å². The molecule has 0 saturated carbocycles. The van der Waals surface area contributed by atoms with Crippen LogP contribution >= 0.6 is 0 Å². The molecule has 3 nitrogen and oxygen atoms in total. The van der Waals surface area contributed by atoms with Gasteiger partial charge in [0.1, 0.15) is 0 Å². The lowest BCUT2D eigenvalue weighted by atomic mass is 9.98. The van der Waals surface area contributed by atoms with Crippen molar-refractivity contribution in [1.82, 2.24) is 0 Å². The van der Waals surface area contributed by atoms with Gasteiger partial charge in [0, 0.05) is 6.61 Å². The highest BCUT2D eigenvalue weighted by atomic mass is 28.4. The fraction of sp³-hybridized carbons (Fsp3) is 0.458. The SMILES string of the molecule is COC(=O)[C@@H](C)C[C@@H](C)CO[Si](c1ccccc1)(c1ccccc1)C(C)(C)C. The van der Waals surface area contributed by atoms with E-state index in [0.717, 1.165) is 6.42 Å². The van der Waals surface area contributed by atoms with Gasteiger partial charge < -0.3 is 9.16 Å². The monoisotopic (exact) mass is 398 g/mol. The Morgan fingerprint density at radius 2 is 1.39 bits per heavy atom.